The molecule has 106 valence electrons. The summed E-state index contributed by atoms with van der Waals surface area (Å²) in [4.78, 5) is 10.4. The summed E-state index contributed by atoms with van der Waals surface area (Å²) in [5, 5.41) is 15.4. The van der Waals surface area contributed by atoms with Crippen LogP contribution in [0, 0.1) is 10.1 Å². The zero-order valence-electron chi connectivity index (χ0n) is 10.9. The van der Waals surface area contributed by atoms with E-state index in [1.54, 1.807) is 42.5 Å². The molecular formula is C15H12ClN3O2. The van der Waals surface area contributed by atoms with E-state index < -0.39 is 4.92 Å². The maximum absolute atomic E-state index is 10.8. The van der Waals surface area contributed by atoms with Crippen molar-refractivity contribution >= 4 is 35.3 Å². The van der Waals surface area contributed by atoms with Crippen LogP contribution in [0.5, 0.6) is 0 Å². The molecule has 0 saturated heterocycles. The largest absolute Gasteiger partial charge is 0.277 e. The lowest BCUT2D eigenvalue weighted by atomic mass is 10.2. The van der Waals surface area contributed by atoms with Crippen molar-refractivity contribution in [2.24, 2.45) is 5.10 Å². The van der Waals surface area contributed by atoms with Crippen molar-refractivity contribution in [3.63, 3.8) is 0 Å². The number of hydrogen-bond donors (Lipinski definition) is 1. The molecule has 0 saturated carbocycles. The lowest BCUT2D eigenvalue weighted by Gasteiger charge is -2.00. The van der Waals surface area contributed by atoms with E-state index in [4.69, 9.17) is 11.6 Å². The van der Waals surface area contributed by atoms with Crippen molar-refractivity contribution in [2.75, 3.05) is 5.43 Å². The number of rotatable bonds is 5. The van der Waals surface area contributed by atoms with Gasteiger partial charge in [0.15, 0.2) is 0 Å². The van der Waals surface area contributed by atoms with Crippen molar-refractivity contribution in [1.82, 2.24) is 0 Å². The molecule has 0 aliphatic carbocycles. The molecule has 0 unspecified atom stereocenters. The number of nitro benzene ring substituents is 1. The average Bonchev–Trinajstić information content (AvgIpc) is 2.49. The fraction of sp³-hybridized carbons (Fsp3) is 0. The Kier molecular flexibility index (Phi) is 5.06. The Morgan fingerprint density at radius 2 is 1.86 bits per heavy atom. The second-order valence-electron chi connectivity index (χ2n) is 4.04. The highest BCUT2D eigenvalue weighted by molar-refractivity contribution is 6.33. The Bertz CT molecular complexity index is 699. The first-order valence-corrected chi connectivity index (χ1v) is 6.50. The monoisotopic (exact) mass is 301 g/mol. The van der Waals surface area contributed by atoms with E-state index in [2.05, 4.69) is 10.5 Å². The number of nitrogens with zero attached hydrogens (tertiary/aromatic N) is 2. The van der Waals surface area contributed by atoms with Crippen molar-refractivity contribution in [2.45, 2.75) is 0 Å². The molecule has 2 aromatic carbocycles. The van der Waals surface area contributed by atoms with Gasteiger partial charge in [-0.05, 0) is 30.4 Å². The standard InChI is InChI=1S/C15H12ClN3O2/c16-13-8-2-3-9-14(13)18-17-11-5-7-12-6-1-4-10-15(12)19(20)21/h1-11,18H/b7-5+,17-11+. The number of halogens is 1. The number of hydrazone groups is 1. The van der Waals surface area contributed by atoms with Crippen molar-refractivity contribution in [3.8, 4) is 0 Å². The SMILES string of the molecule is O=[N+]([O-])c1ccccc1/C=C/C=N/Nc1ccccc1Cl. The van der Waals surface area contributed by atoms with Gasteiger partial charge in [-0.25, -0.2) is 0 Å². The van der Waals surface area contributed by atoms with Gasteiger partial charge in [-0.15, -0.1) is 0 Å². The van der Waals surface area contributed by atoms with Gasteiger partial charge in [-0.1, -0.05) is 35.9 Å². The summed E-state index contributed by atoms with van der Waals surface area (Å²) in [6.45, 7) is 0. The summed E-state index contributed by atoms with van der Waals surface area (Å²) in [6, 6.07) is 13.7. The number of hydrogen-bond acceptors (Lipinski definition) is 4. The van der Waals surface area contributed by atoms with Gasteiger partial charge in [0.25, 0.3) is 5.69 Å². The molecule has 0 aromatic heterocycles. The normalized spacial score (nSPS) is 11.1. The molecule has 2 rings (SSSR count). The Balaban J connectivity index is 2.01. The Morgan fingerprint density at radius 3 is 2.62 bits per heavy atom. The molecule has 0 aliphatic heterocycles. The van der Waals surface area contributed by atoms with Crippen LogP contribution in [0.1, 0.15) is 5.56 Å². The summed E-state index contributed by atoms with van der Waals surface area (Å²) in [5.41, 5.74) is 4.06. The first-order chi connectivity index (χ1) is 10.2. The van der Waals surface area contributed by atoms with Gasteiger partial charge in [-0.2, -0.15) is 5.10 Å². The molecular weight excluding hydrogens is 290 g/mol. The minimum Gasteiger partial charge on any atom is -0.277 e. The number of anilines is 1. The Labute approximate surface area is 126 Å². The smallest absolute Gasteiger partial charge is 0.276 e. The molecule has 21 heavy (non-hydrogen) atoms. The van der Waals surface area contributed by atoms with Crippen LogP contribution < -0.4 is 5.43 Å². The maximum atomic E-state index is 10.8. The predicted octanol–water partition coefficient (Wildman–Crippen LogP) is 4.36. The molecule has 2 aromatic rings. The zero-order valence-corrected chi connectivity index (χ0v) is 11.7. The molecule has 0 radical (unpaired) electrons. The second-order valence-corrected chi connectivity index (χ2v) is 4.45. The van der Waals surface area contributed by atoms with E-state index in [0.29, 0.717) is 16.3 Å². The molecule has 0 atom stereocenters. The van der Waals surface area contributed by atoms with Crippen LogP contribution in [0.4, 0.5) is 11.4 Å². The number of benzene rings is 2. The molecule has 0 heterocycles. The van der Waals surface area contributed by atoms with Crippen LogP contribution in [0.2, 0.25) is 5.02 Å². The van der Waals surface area contributed by atoms with Gasteiger partial charge in [0.2, 0.25) is 0 Å². The summed E-state index contributed by atoms with van der Waals surface area (Å²) < 4.78 is 0. The molecule has 0 bridgehead atoms. The highest BCUT2D eigenvalue weighted by Crippen LogP contribution is 2.20. The number of allylic oxidation sites excluding steroid dienone is 1. The van der Waals surface area contributed by atoms with E-state index in [1.165, 1.54) is 12.3 Å². The van der Waals surface area contributed by atoms with Crippen molar-refractivity contribution in [1.29, 1.82) is 0 Å². The van der Waals surface area contributed by atoms with Gasteiger partial charge in [-0.3, -0.25) is 15.5 Å². The van der Waals surface area contributed by atoms with Crippen molar-refractivity contribution < 1.29 is 4.92 Å². The minimum atomic E-state index is -0.418. The molecule has 0 spiro atoms. The second kappa shape index (κ2) is 7.21. The first-order valence-electron chi connectivity index (χ1n) is 6.12. The first kappa shape index (κ1) is 14.7. The van der Waals surface area contributed by atoms with E-state index in [1.807, 2.05) is 12.1 Å². The third-order valence-corrected chi connectivity index (χ3v) is 2.96. The average molecular weight is 302 g/mol. The van der Waals surface area contributed by atoms with Crippen LogP contribution in [-0.2, 0) is 0 Å². The quantitative estimate of drug-likeness (QED) is 0.507. The van der Waals surface area contributed by atoms with Gasteiger partial charge in [0.1, 0.15) is 0 Å². The maximum Gasteiger partial charge on any atom is 0.276 e. The molecule has 1 N–H and O–H groups in total. The third-order valence-electron chi connectivity index (χ3n) is 2.63. The highest BCUT2D eigenvalue weighted by Gasteiger charge is 2.08. The summed E-state index contributed by atoms with van der Waals surface area (Å²) in [5.74, 6) is 0. The lowest BCUT2D eigenvalue weighted by Crippen LogP contribution is -1.91. The van der Waals surface area contributed by atoms with Crippen LogP contribution >= 0.6 is 11.6 Å². The molecule has 6 heteroatoms. The number of nitrogens with one attached hydrogen (secondary N) is 1. The highest BCUT2D eigenvalue weighted by atomic mass is 35.5. The summed E-state index contributed by atoms with van der Waals surface area (Å²) >= 11 is 5.96. The zero-order chi connectivity index (χ0) is 15.1. The van der Waals surface area contributed by atoms with Crippen LogP contribution in [-0.4, -0.2) is 11.1 Å². The fourth-order valence-corrected chi connectivity index (χ4v) is 1.82. The molecule has 0 fully saturated rings. The van der Waals surface area contributed by atoms with E-state index in [-0.39, 0.29) is 5.69 Å². The molecule has 5 nitrogen and oxygen atoms in total. The van der Waals surface area contributed by atoms with E-state index in [0.717, 1.165) is 0 Å². The predicted molar refractivity (Wildman–Crippen MR) is 85.7 cm³/mol. The summed E-state index contributed by atoms with van der Waals surface area (Å²) in [6.07, 6.45) is 4.74. The Morgan fingerprint density at radius 1 is 1.14 bits per heavy atom. The molecule has 0 amide bonds. The van der Waals surface area contributed by atoms with E-state index >= 15 is 0 Å². The molecule has 0 aliphatic rings. The van der Waals surface area contributed by atoms with Gasteiger partial charge in [0, 0.05) is 12.3 Å². The fourth-order valence-electron chi connectivity index (χ4n) is 1.64. The number of para-hydroxylation sites is 2. The number of nitro groups is 1. The summed E-state index contributed by atoms with van der Waals surface area (Å²) in [7, 11) is 0. The van der Waals surface area contributed by atoms with E-state index in [9.17, 15) is 10.1 Å². The lowest BCUT2D eigenvalue weighted by molar-refractivity contribution is -0.385. The van der Waals surface area contributed by atoms with Crippen LogP contribution in [0.25, 0.3) is 6.08 Å². The van der Waals surface area contributed by atoms with Gasteiger partial charge >= 0.3 is 0 Å². The van der Waals surface area contributed by atoms with Gasteiger partial charge in [0.05, 0.1) is 21.2 Å². The van der Waals surface area contributed by atoms with Crippen LogP contribution in [0.15, 0.2) is 59.7 Å². The minimum absolute atomic E-state index is 0.0567. The Hall–Kier alpha value is -2.66. The topological polar surface area (TPSA) is 67.5 Å². The van der Waals surface area contributed by atoms with Crippen molar-refractivity contribution in [3.05, 3.63) is 75.3 Å². The third kappa shape index (κ3) is 4.15. The van der Waals surface area contributed by atoms with Gasteiger partial charge < -0.3 is 0 Å². The van der Waals surface area contributed by atoms with Crippen LogP contribution in [0.3, 0.4) is 0 Å².